The summed E-state index contributed by atoms with van der Waals surface area (Å²) in [5, 5.41) is 7.91. The third-order valence-corrected chi connectivity index (χ3v) is 2.12. The van der Waals surface area contributed by atoms with Gasteiger partial charge in [0.1, 0.15) is 0 Å². The number of halogens is 3. The number of carbonyl (C=O) groups is 1. The average Bonchev–Trinajstić information content (AvgIpc) is 1.79. The maximum Gasteiger partial charge on any atom is 0.418 e. The molecule has 0 radical (unpaired) electrons. The molecule has 0 aromatic heterocycles. The van der Waals surface area contributed by atoms with Crippen molar-refractivity contribution >= 4 is 16.1 Å². The van der Waals surface area contributed by atoms with Crippen molar-refractivity contribution in [1.29, 1.82) is 0 Å². The van der Waals surface area contributed by atoms with E-state index in [1.807, 2.05) is 0 Å². The van der Waals surface area contributed by atoms with E-state index in [1.54, 1.807) is 0 Å². The van der Waals surface area contributed by atoms with Gasteiger partial charge in [-0.2, -0.15) is 13.2 Å². The lowest BCUT2D eigenvalue weighted by atomic mass is 10.5. The maximum absolute atomic E-state index is 11.5. The summed E-state index contributed by atoms with van der Waals surface area (Å²) < 4.78 is 56.4. The zero-order valence-corrected chi connectivity index (χ0v) is 6.94. The number of hydrogen-bond donors (Lipinski definition) is 2. The van der Waals surface area contributed by atoms with E-state index in [9.17, 15) is 26.4 Å². The first-order valence-corrected chi connectivity index (χ1v) is 4.58. The van der Waals surface area contributed by atoms with Crippen LogP contribution in [0.4, 0.5) is 18.0 Å². The number of amides is 1. The second-order valence-corrected chi connectivity index (χ2v) is 3.93. The molecule has 1 amide bonds. The van der Waals surface area contributed by atoms with Gasteiger partial charge in [0.2, 0.25) is 10.0 Å². The van der Waals surface area contributed by atoms with Gasteiger partial charge in [-0.1, -0.05) is 0 Å². The molecule has 0 spiro atoms. The van der Waals surface area contributed by atoms with Gasteiger partial charge in [-0.3, -0.25) is 0 Å². The third-order valence-electron chi connectivity index (χ3n) is 0.897. The highest BCUT2D eigenvalue weighted by Crippen LogP contribution is 2.19. The molecule has 0 fully saturated rings. The largest absolute Gasteiger partial charge is 0.464 e. The molecule has 0 rings (SSSR count). The first-order chi connectivity index (χ1) is 5.62. The van der Waals surface area contributed by atoms with Gasteiger partial charge in [-0.15, -0.1) is 0 Å². The lowest BCUT2D eigenvalue weighted by molar-refractivity contribution is -0.130. The van der Waals surface area contributed by atoms with Crippen molar-refractivity contribution in [2.24, 2.45) is 0 Å². The van der Waals surface area contributed by atoms with Crippen LogP contribution in [0.3, 0.4) is 0 Å². The first kappa shape index (κ1) is 12.0. The minimum atomic E-state index is -4.62. The van der Waals surface area contributed by atoms with Crippen LogP contribution in [-0.2, 0) is 10.0 Å². The fraction of sp³-hybridized carbons (Fsp3) is 0.750. The lowest BCUT2D eigenvalue weighted by Gasteiger charge is -2.06. The Kier molecular flexibility index (Phi) is 3.52. The van der Waals surface area contributed by atoms with E-state index >= 15 is 0 Å². The number of carboxylic acid groups (broad SMARTS) is 1. The Balaban J connectivity index is 4.13. The van der Waals surface area contributed by atoms with Gasteiger partial charge in [0, 0.05) is 0 Å². The Labute approximate surface area is 71.6 Å². The van der Waals surface area contributed by atoms with Gasteiger partial charge in [0.05, 0.1) is 12.2 Å². The molecule has 0 bridgehead atoms. The summed E-state index contributed by atoms with van der Waals surface area (Å²) in [6.07, 6.45) is -8.09. The number of hydrogen-bond acceptors (Lipinski definition) is 3. The molecule has 0 aromatic carbocycles. The quantitative estimate of drug-likeness (QED) is 0.728. The fourth-order valence-electron chi connectivity index (χ4n) is 0.434. The van der Waals surface area contributed by atoms with E-state index in [2.05, 4.69) is 0 Å². The smallest absolute Gasteiger partial charge is 0.418 e. The van der Waals surface area contributed by atoms with Crippen molar-refractivity contribution in [3.8, 4) is 0 Å². The van der Waals surface area contributed by atoms with E-state index < -0.39 is 34.5 Å². The Hall–Kier alpha value is -0.990. The number of sulfonamides is 1. The minimum Gasteiger partial charge on any atom is -0.464 e. The molecule has 0 aliphatic carbocycles. The van der Waals surface area contributed by atoms with E-state index in [-0.39, 0.29) is 0 Å². The Morgan fingerprint density at radius 1 is 1.38 bits per heavy atom. The topological polar surface area (TPSA) is 83.5 Å². The summed E-state index contributed by atoms with van der Waals surface area (Å²) in [7, 11) is -4.38. The van der Waals surface area contributed by atoms with Gasteiger partial charge >= 0.3 is 12.3 Å². The third kappa shape index (κ3) is 7.37. The van der Waals surface area contributed by atoms with Crippen molar-refractivity contribution < 1.29 is 31.5 Å². The molecule has 0 aliphatic heterocycles. The van der Waals surface area contributed by atoms with Crippen LogP contribution in [0.5, 0.6) is 0 Å². The van der Waals surface area contributed by atoms with Crippen LogP contribution in [0, 0.1) is 0 Å². The number of alkyl halides is 3. The van der Waals surface area contributed by atoms with Crippen LogP contribution >= 0.6 is 0 Å². The first-order valence-electron chi connectivity index (χ1n) is 2.92. The predicted octanol–water partition coefficient (Wildman–Crippen LogP) is 0.536. The molecule has 0 heterocycles. The van der Waals surface area contributed by atoms with E-state index in [4.69, 9.17) is 5.11 Å². The highest BCUT2D eigenvalue weighted by Gasteiger charge is 2.30. The fourth-order valence-corrected chi connectivity index (χ4v) is 1.30. The molecular weight excluding hydrogens is 215 g/mol. The van der Waals surface area contributed by atoms with Crippen molar-refractivity contribution in [2.75, 3.05) is 5.75 Å². The van der Waals surface area contributed by atoms with Crippen molar-refractivity contribution in [3.05, 3.63) is 0 Å². The van der Waals surface area contributed by atoms with Crippen LogP contribution < -0.4 is 4.72 Å². The standard InChI is InChI=1S/C4H6F3NO4S/c5-4(6,7)1-2-13(11,12)8-3(9)10/h8H,1-2H2,(H,9,10). The Morgan fingerprint density at radius 2 is 1.85 bits per heavy atom. The highest BCUT2D eigenvalue weighted by atomic mass is 32.2. The molecule has 0 unspecified atom stereocenters. The molecule has 0 saturated heterocycles. The molecule has 5 nitrogen and oxygen atoms in total. The molecule has 13 heavy (non-hydrogen) atoms. The van der Waals surface area contributed by atoms with Crippen molar-refractivity contribution in [1.82, 2.24) is 4.72 Å². The molecule has 0 aromatic rings. The zero-order valence-electron chi connectivity index (χ0n) is 6.13. The molecule has 0 atom stereocenters. The van der Waals surface area contributed by atoms with Gasteiger partial charge in [0.25, 0.3) is 0 Å². The van der Waals surface area contributed by atoms with Gasteiger partial charge in [0.15, 0.2) is 0 Å². The molecule has 78 valence electrons. The number of nitrogens with one attached hydrogen (secondary N) is 1. The molecule has 2 N–H and O–H groups in total. The summed E-state index contributed by atoms with van der Waals surface area (Å²) in [6, 6.07) is 0. The van der Waals surface area contributed by atoms with Crippen LogP contribution in [-0.4, -0.2) is 31.5 Å². The Morgan fingerprint density at radius 3 is 2.15 bits per heavy atom. The summed E-state index contributed by atoms with van der Waals surface area (Å²) in [6.45, 7) is 0. The second-order valence-electron chi connectivity index (χ2n) is 2.09. The highest BCUT2D eigenvalue weighted by molar-refractivity contribution is 7.90. The minimum absolute atomic E-state index is 0.981. The predicted molar refractivity (Wildman–Crippen MR) is 35.6 cm³/mol. The lowest BCUT2D eigenvalue weighted by Crippen LogP contribution is -2.32. The van der Waals surface area contributed by atoms with Crippen molar-refractivity contribution in [3.63, 3.8) is 0 Å². The van der Waals surface area contributed by atoms with E-state index in [1.165, 1.54) is 0 Å². The van der Waals surface area contributed by atoms with E-state index in [0.29, 0.717) is 0 Å². The molecule has 0 saturated carbocycles. The molecular formula is C4H6F3NO4S. The van der Waals surface area contributed by atoms with Crippen LogP contribution in [0.15, 0.2) is 0 Å². The average molecular weight is 221 g/mol. The second kappa shape index (κ2) is 3.81. The molecule has 9 heteroatoms. The van der Waals surface area contributed by atoms with Crippen LogP contribution in [0.25, 0.3) is 0 Å². The summed E-state index contributed by atoms with van der Waals surface area (Å²) >= 11 is 0. The zero-order chi connectivity index (χ0) is 10.7. The summed E-state index contributed by atoms with van der Waals surface area (Å²) in [4.78, 5) is 9.77. The van der Waals surface area contributed by atoms with E-state index in [0.717, 1.165) is 4.72 Å². The van der Waals surface area contributed by atoms with Crippen LogP contribution in [0.1, 0.15) is 6.42 Å². The number of rotatable bonds is 3. The van der Waals surface area contributed by atoms with Gasteiger partial charge in [-0.05, 0) is 0 Å². The summed E-state index contributed by atoms with van der Waals surface area (Å²) in [5.74, 6) is -1.29. The van der Waals surface area contributed by atoms with Gasteiger partial charge < -0.3 is 5.11 Å². The summed E-state index contributed by atoms with van der Waals surface area (Å²) in [5.41, 5.74) is 0. The van der Waals surface area contributed by atoms with Gasteiger partial charge in [-0.25, -0.2) is 17.9 Å². The molecule has 0 aliphatic rings. The van der Waals surface area contributed by atoms with Crippen molar-refractivity contribution in [2.45, 2.75) is 12.6 Å². The SMILES string of the molecule is O=C(O)NS(=O)(=O)CCC(F)(F)F. The Bertz CT molecular complexity index is 282. The normalized spacial score (nSPS) is 12.5. The monoisotopic (exact) mass is 221 g/mol. The van der Waals surface area contributed by atoms with Crippen LogP contribution in [0.2, 0.25) is 0 Å². The maximum atomic E-state index is 11.5.